The SMILES string of the molecule is Cc1ncsc1-c1ccc(C(C)NC(=O)[C@@H]2C[C@@H](O)CN2C(=O)C(NC(=O)c2csc(N3CCN(c4cc(Cl)nnc4N)CC3)n2)C(C)(C)C)cc1. The average molecular weight is 767 g/mol. The van der Waals surface area contributed by atoms with Crippen molar-refractivity contribution in [3.63, 3.8) is 0 Å². The molecule has 0 saturated carbocycles. The van der Waals surface area contributed by atoms with Gasteiger partial charge in [0.05, 0.1) is 33.9 Å². The van der Waals surface area contributed by atoms with Crippen LogP contribution in [0.25, 0.3) is 10.4 Å². The van der Waals surface area contributed by atoms with Crippen LogP contribution in [0.4, 0.5) is 16.6 Å². The van der Waals surface area contributed by atoms with Crippen molar-refractivity contribution in [2.24, 2.45) is 5.41 Å². The molecule has 4 aromatic rings. The molecule has 5 heterocycles. The van der Waals surface area contributed by atoms with E-state index in [1.165, 1.54) is 16.2 Å². The van der Waals surface area contributed by atoms with Crippen molar-refractivity contribution < 1.29 is 19.5 Å². The zero-order chi connectivity index (χ0) is 37.3. The van der Waals surface area contributed by atoms with Gasteiger partial charge >= 0.3 is 0 Å². The molecule has 2 saturated heterocycles. The minimum absolute atomic E-state index is 0.0170. The van der Waals surface area contributed by atoms with E-state index in [1.807, 2.05) is 64.4 Å². The van der Waals surface area contributed by atoms with Gasteiger partial charge in [-0.25, -0.2) is 9.97 Å². The first kappa shape index (κ1) is 37.4. The largest absolute Gasteiger partial charge is 0.391 e. The third-order valence-electron chi connectivity index (χ3n) is 9.42. The molecule has 4 atom stereocenters. The Kier molecular flexibility index (Phi) is 11.0. The quantitative estimate of drug-likeness (QED) is 0.194. The zero-order valence-electron chi connectivity index (χ0n) is 29.7. The van der Waals surface area contributed by atoms with Gasteiger partial charge in [0.15, 0.2) is 16.1 Å². The van der Waals surface area contributed by atoms with Crippen LogP contribution in [-0.2, 0) is 9.59 Å². The van der Waals surface area contributed by atoms with Gasteiger partial charge in [0, 0.05) is 50.6 Å². The molecule has 2 aliphatic rings. The van der Waals surface area contributed by atoms with Crippen LogP contribution in [0.2, 0.25) is 5.15 Å². The van der Waals surface area contributed by atoms with Gasteiger partial charge in [0.25, 0.3) is 5.91 Å². The standard InChI is InChI=1S/C35H43ClN10O4S2/c1-19(21-6-8-22(9-7-21)28-20(2)38-18-52-28)39-32(49)26-14-23(47)16-46(26)33(50)29(35(3,4)5)41-31(48)24-17-51-34(40-24)45-12-10-44(11-13-45)25-15-27(36)42-43-30(25)37/h6-9,15,17-19,23,26,29,47H,10-14,16H2,1-5H3,(H2,37,43)(H,39,49)(H,41,48)/t19?,23-,26+,29?/m1/s1. The van der Waals surface area contributed by atoms with Crippen LogP contribution in [0.1, 0.15) is 61.9 Å². The molecule has 52 heavy (non-hydrogen) atoms. The van der Waals surface area contributed by atoms with Crippen LogP contribution in [0, 0.1) is 12.3 Å². The Hall–Kier alpha value is -4.38. The monoisotopic (exact) mass is 766 g/mol. The predicted molar refractivity (Wildman–Crippen MR) is 204 cm³/mol. The predicted octanol–water partition coefficient (Wildman–Crippen LogP) is 3.91. The van der Waals surface area contributed by atoms with E-state index in [2.05, 4.69) is 40.6 Å². The van der Waals surface area contributed by atoms with E-state index in [4.69, 9.17) is 17.3 Å². The van der Waals surface area contributed by atoms with Crippen molar-refractivity contribution in [1.82, 2.24) is 35.7 Å². The molecular weight excluding hydrogens is 724 g/mol. The fraction of sp³-hybridized carbons (Fsp3) is 0.457. The number of aliphatic hydroxyl groups is 1. The van der Waals surface area contributed by atoms with E-state index >= 15 is 0 Å². The molecule has 3 aromatic heterocycles. The van der Waals surface area contributed by atoms with Crippen LogP contribution in [-0.4, -0.2) is 98.8 Å². The lowest BCUT2D eigenvalue weighted by Crippen LogP contribution is -2.57. The van der Waals surface area contributed by atoms with Gasteiger partial charge in [0.1, 0.15) is 17.8 Å². The van der Waals surface area contributed by atoms with Crippen molar-refractivity contribution in [3.05, 3.63) is 63.3 Å². The smallest absolute Gasteiger partial charge is 0.271 e. The lowest BCUT2D eigenvalue weighted by atomic mass is 9.85. The summed E-state index contributed by atoms with van der Waals surface area (Å²) in [7, 11) is 0. The third kappa shape index (κ3) is 8.14. The molecule has 0 radical (unpaired) electrons. The number of rotatable bonds is 9. The van der Waals surface area contributed by atoms with Crippen LogP contribution < -0.4 is 26.2 Å². The molecule has 276 valence electrons. The highest BCUT2D eigenvalue weighted by atomic mass is 35.5. The Bertz CT molecular complexity index is 1920. The summed E-state index contributed by atoms with van der Waals surface area (Å²) in [5, 5.41) is 26.9. The van der Waals surface area contributed by atoms with Crippen molar-refractivity contribution in [2.75, 3.05) is 48.3 Å². The number of hydrogen-bond donors (Lipinski definition) is 4. The van der Waals surface area contributed by atoms with E-state index in [1.54, 1.807) is 22.8 Å². The van der Waals surface area contributed by atoms with E-state index < -0.39 is 35.4 Å². The van der Waals surface area contributed by atoms with Crippen LogP contribution in [0.15, 0.2) is 41.2 Å². The number of nitrogens with two attached hydrogens (primary N) is 1. The number of hydrogen-bond acceptors (Lipinski definition) is 13. The Morgan fingerprint density at radius 2 is 1.73 bits per heavy atom. The number of aryl methyl sites for hydroxylation is 1. The fourth-order valence-electron chi connectivity index (χ4n) is 6.49. The second-order valence-corrected chi connectivity index (χ2v) is 16.3. The topological polar surface area (TPSA) is 183 Å². The van der Waals surface area contributed by atoms with Gasteiger partial charge in [-0.2, -0.15) is 0 Å². The Morgan fingerprint density at radius 3 is 2.38 bits per heavy atom. The van der Waals surface area contributed by atoms with E-state index in [9.17, 15) is 19.5 Å². The highest BCUT2D eigenvalue weighted by molar-refractivity contribution is 7.14. The number of β-amino-alcohol motifs (C(OH)–C–C–N with tert-alkyl or cyclic N) is 1. The number of aromatic nitrogens is 4. The number of aliphatic hydroxyl groups excluding tert-OH is 1. The molecule has 6 rings (SSSR count). The van der Waals surface area contributed by atoms with Crippen LogP contribution >= 0.6 is 34.3 Å². The van der Waals surface area contributed by atoms with Crippen molar-refractivity contribution in [1.29, 1.82) is 0 Å². The summed E-state index contributed by atoms with van der Waals surface area (Å²) in [5.74, 6) is -0.992. The van der Waals surface area contributed by atoms with E-state index in [0.717, 1.165) is 27.4 Å². The molecule has 0 bridgehead atoms. The molecule has 3 amide bonds. The number of nitrogens with zero attached hydrogens (tertiary/aromatic N) is 7. The van der Waals surface area contributed by atoms with Gasteiger partial charge in [-0.1, -0.05) is 56.6 Å². The number of carbonyl (C=O) groups excluding carboxylic acids is 3. The normalized spacial score (nSPS) is 19.0. The number of carbonyl (C=O) groups is 3. The second kappa shape index (κ2) is 15.3. The number of anilines is 3. The zero-order valence-corrected chi connectivity index (χ0v) is 32.1. The molecule has 2 unspecified atom stereocenters. The number of halogens is 1. The Morgan fingerprint density at radius 1 is 1.04 bits per heavy atom. The van der Waals surface area contributed by atoms with Crippen molar-refractivity contribution in [2.45, 2.75) is 65.3 Å². The number of benzene rings is 1. The summed E-state index contributed by atoms with van der Waals surface area (Å²) in [6, 6.07) is 7.41. The summed E-state index contributed by atoms with van der Waals surface area (Å²) in [4.78, 5) is 57.0. The maximum absolute atomic E-state index is 14.2. The highest BCUT2D eigenvalue weighted by Gasteiger charge is 2.45. The minimum Gasteiger partial charge on any atom is -0.391 e. The molecule has 2 aliphatic heterocycles. The van der Waals surface area contributed by atoms with Gasteiger partial charge in [-0.05, 0) is 30.4 Å². The number of nitrogens with one attached hydrogen (secondary N) is 2. The molecule has 5 N–H and O–H groups in total. The molecular formula is C35H43ClN10O4S2. The number of amides is 3. The van der Waals surface area contributed by atoms with Gasteiger partial charge in [-0.15, -0.1) is 32.9 Å². The number of piperazine rings is 1. The first-order valence-corrected chi connectivity index (χ1v) is 19.2. The highest BCUT2D eigenvalue weighted by Crippen LogP contribution is 2.31. The van der Waals surface area contributed by atoms with Crippen molar-refractivity contribution >= 4 is 68.6 Å². The Balaban J connectivity index is 1.09. The number of nitrogen functional groups attached to an aromatic ring is 1. The second-order valence-electron chi connectivity index (χ2n) is 14.2. The molecule has 17 heteroatoms. The summed E-state index contributed by atoms with van der Waals surface area (Å²) < 4.78 is 0. The Labute approximate surface area is 315 Å². The molecule has 14 nitrogen and oxygen atoms in total. The molecule has 1 aromatic carbocycles. The first-order valence-electron chi connectivity index (χ1n) is 17.0. The molecule has 2 fully saturated rings. The third-order valence-corrected chi connectivity index (χ3v) is 11.5. The average Bonchev–Trinajstić information content (AvgIpc) is 3.88. The maximum Gasteiger partial charge on any atom is 0.271 e. The summed E-state index contributed by atoms with van der Waals surface area (Å²) in [5.41, 5.74) is 11.0. The van der Waals surface area contributed by atoms with Gasteiger partial charge < -0.3 is 36.2 Å². The van der Waals surface area contributed by atoms with Gasteiger partial charge in [0.2, 0.25) is 11.8 Å². The first-order chi connectivity index (χ1) is 24.7. The van der Waals surface area contributed by atoms with E-state index in [0.29, 0.717) is 37.1 Å². The molecule has 0 aliphatic carbocycles. The maximum atomic E-state index is 14.2. The van der Waals surface area contributed by atoms with E-state index in [-0.39, 0.29) is 35.8 Å². The van der Waals surface area contributed by atoms with Crippen LogP contribution in [0.3, 0.4) is 0 Å². The van der Waals surface area contributed by atoms with Crippen LogP contribution in [0.5, 0.6) is 0 Å². The summed E-state index contributed by atoms with van der Waals surface area (Å²) in [6.07, 6.45) is -0.781. The lowest BCUT2D eigenvalue weighted by molar-refractivity contribution is -0.142. The fourth-order valence-corrected chi connectivity index (χ4v) is 8.31. The number of thiazole rings is 2. The number of likely N-dealkylation sites (tertiary alicyclic amines) is 1. The minimum atomic E-state index is -0.985. The van der Waals surface area contributed by atoms with Gasteiger partial charge in [-0.3, -0.25) is 14.4 Å². The van der Waals surface area contributed by atoms with Crippen molar-refractivity contribution in [3.8, 4) is 10.4 Å². The lowest BCUT2D eigenvalue weighted by Gasteiger charge is -2.36. The summed E-state index contributed by atoms with van der Waals surface area (Å²) >= 11 is 8.96. The summed E-state index contributed by atoms with van der Waals surface area (Å²) in [6.45, 7) is 11.9. The molecule has 0 spiro atoms.